The monoisotopic (exact) mass is 567 g/mol. The lowest BCUT2D eigenvalue weighted by molar-refractivity contribution is -0.127. The minimum Gasteiger partial charge on any atom is -0.481 e. The minimum absolute atomic E-state index is 0.263. The van der Waals surface area contributed by atoms with Crippen molar-refractivity contribution in [3.63, 3.8) is 0 Å². The van der Waals surface area contributed by atoms with E-state index in [1.807, 2.05) is 6.07 Å². The summed E-state index contributed by atoms with van der Waals surface area (Å²) in [5.74, 6) is -0.243. The molecule has 0 aliphatic heterocycles. The van der Waals surface area contributed by atoms with Gasteiger partial charge in [0.15, 0.2) is 6.10 Å². The SMILES string of the molecule is CCOC(=O)c1c(NC(=O)c2ccc(O[C@H](C)C(=O)N/N=C\c3cccc(Cl)c3)cc2)sc2c1CC[C@H](C)C2. The van der Waals surface area contributed by atoms with Crippen molar-refractivity contribution < 1.29 is 23.9 Å². The van der Waals surface area contributed by atoms with Gasteiger partial charge in [-0.2, -0.15) is 5.10 Å². The third kappa shape index (κ3) is 7.25. The first-order valence-electron chi connectivity index (χ1n) is 12.7. The third-order valence-electron chi connectivity index (χ3n) is 6.25. The number of rotatable bonds is 9. The Morgan fingerprint density at radius 2 is 1.97 bits per heavy atom. The first-order valence-corrected chi connectivity index (χ1v) is 13.9. The van der Waals surface area contributed by atoms with E-state index in [0.29, 0.717) is 32.8 Å². The molecule has 1 aliphatic carbocycles. The Morgan fingerprint density at radius 1 is 1.21 bits per heavy atom. The van der Waals surface area contributed by atoms with Gasteiger partial charge < -0.3 is 14.8 Å². The van der Waals surface area contributed by atoms with Crippen LogP contribution in [0.3, 0.4) is 0 Å². The first-order chi connectivity index (χ1) is 18.7. The number of thiophene rings is 1. The van der Waals surface area contributed by atoms with E-state index < -0.39 is 18.0 Å². The average molecular weight is 568 g/mol. The number of hydrogen-bond donors (Lipinski definition) is 2. The van der Waals surface area contributed by atoms with Crippen molar-refractivity contribution in [2.75, 3.05) is 11.9 Å². The van der Waals surface area contributed by atoms with E-state index in [1.54, 1.807) is 56.3 Å². The highest BCUT2D eigenvalue weighted by Gasteiger charge is 2.29. The Bertz CT molecular complexity index is 1390. The molecule has 2 aromatic carbocycles. The molecule has 204 valence electrons. The average Bonchev–Trinajstić information content (AvgIpc) is 3.26. The number of esters is 1. The fourth-order valence-corrected chi connectivity index (χ4v) is 5.82. The molecule has 2 N–H and O–H groups in total. The summed E-state index contributed by atoms with van der Waals surface area (Å²) in [6.07, 6.45) is 3.33. The molecule has 0 fully saturated rings. The zero-order chi connectivity index (χ0) is 27.9. The molecular formula is C29H30ClN3O5S. The Balaban J connectivity index is 1.37. The summed E-state index contributed by atoms with van der Waals surface area (Å²) in [6, 6.07) is 13.5. The zero-order valence-electron chi connectivity index (χ0n) is 22.0. The molecule has 1 aliphatic rings. The fourth-order valence-electron chi connectivity index (χ4n) is 4.22. The maximum absolute atomic E-state index is 13.0. The van der Waals surface area contributed by atoms with Crippen LogP contribution in [0.1, 0.15) is 63.9 Å². The van der Waals surface area contributed by atoms with Crippen LogP contribution >= 0.6 is 22.9 Å². The largest absolute Gasteiger partial charge is 0.481 e. The minimum atomic E-state index is -0.826. The highest BCUT2D eigenvalue weighted by molar-refractivity contribution is 7.17. The summed E-state index contributed by atoms with van der Waals surface area (Å²) in [7, 11) is 0. The molecule has 0 spiro atoms. The van der Waals surface area contributed by atoms with Crippen LogP contribution in [0.25, 0.3) is 0 Å². The van der Waals surface area contributed by atoms with Crippen LogP contribution in [0.4, 0.5) is 5.00 Å². The van der Waals surface area contributed by atoms with Crippen molar-refractivity contribution in [2.24, 2.45) is 11.0 Å². The van der Waals surface area contributed by atoms with E-state index in [9.17, 15) is 14.4 Å². The van der Waals surface area contributed by atoms with Gasteiger partial charge >= 0.3 is 5.97 Å². The summed E-state index contributed by atoms with van der Waals surface area (Å²) in [5.41, 5.74) is 5.03. The van der Waals surface area contributed by atoms with Crippen LogP contribution in [0.5, 0.6) is 5.75 Å². The van der Waals surface area contributed by atoms with Gasteiger partial charge in [0.05, 0.1) is 18.4 Å². The van der Waals surface area contributed by atoms with Gasteiger partial charge in [0.1, 0.15) is 10.8 Å². The number of hydrazone groups is 1. The Morgan fingerprint density at radius 3 is 2.69 bits per heavy atom. The number of fused-ring (bicyclic) bond motifs is 1. The quantitative estimate of drug-likeness (QED) is 0.191. The highest BCUT2D eigenvalue weighted by atomic mass is 35.5. The summed E-state index contributed by atoms with van der Waals surface area (Å²) in [5, 5.41) is 7.93. The second kappa shape index (κ2) is 12.9. The molecular weight excluding hydrogens is 538 g/mol. The van der Waals surface area contributed by atoms with E-state index in [0.717, 1.165) is 35.3 Å². The maximum Gasteiger partial charge on any atom is 0.341 e. The molecule has 10 heteroatoms. The van der Waals surface area contributed by atoms with Crippen LogP contribution in [-0.2, 0) is 22.4 Å². The predicted molar refractivity (Wildman–Crippen MR) is 153 cm³/mol. The number of amides is 2. The second-order valence-corrected chi connectivity index (χ2v) is 10.8. The number of anilines is 1. The van der Waals surface area contributed by atoms with Crippen LogP contribution in [0.2, 0.25) is 5.02 Å². The normalized spacial score (nSPS) is 15.3. The summed E-state index contributed by atoms with van der Waals surface area (Å²) in [4.78, 5) is 39.2. The number of ether oxygens (including phenoxy) is 2. The van der Waals surface area contributed by atoms with E-state index in [1.165, 1.54) is 17.6 Å². The molecule has 1 aromatic heterocycles. The molecule has 4 rings (SSSR count). The molecule has 3 aromatic rings. The summed E-state index contributed by atoms with van der Waals surface area (Å²) < 4.78 is 11.0. The number of benzene rings is 2. The zero-order valence-corrected chi connectivity index (χ0v) is 23.5. The summed E-state index contributed by atoms with van der Waals surface area (Å²) in [6.45, 7) is 5.81. The van der Waals surface area contributed by atoms with Crippen molar-refractivity contribution in [1.29, 1.82) is 0 Å². The first kappa shape index (κ1) is 28.3. The molecule has 0 bridgehead atoms. The molecule has 0 radical (unpaired) electrons. The lowest BCUT2D eigenvalue weighted by Gasteiger charge is -2.18. The van der Waals surface area contributed by atoms with Crippen molar-refractivity contribution in [1.82, 2.24) is 5.43 Å². The molecule has 0 saturated heterocycles. The fraction of sp³-hybridized carbons (Fsp3) is 0.310. The number of carbonyl (C=O) groups is 3. The maximum atomic E-state index is 13.0. The Labute approximate surface area is 236 Å². The van der Waals surface area contributed by atoms with E-state index in [-0.39, 0.29) is 12.5 Å². The van der Waals surface area contributed by atoms with Gasteiger partial charge in [-0.1, -0.05) is 30.7 Å². The van der Waals surface area contributed by atoms with Gasteiger partial charge in [-0.05, 0) is 86.6 Å². The molecule has 2 atom stereocenters. The van der Waals surface area contributed by atoms with Crippen molar-refractivity contribution in [2.45, 2.75) is 46.1 Å². The van der Waals surface area contributed by atoms with Crippen molar-refractivity contribution in [3.8, 4) is 5.75 Å². The number of carbonyl (C=O) groups excluding carboxylic acids is 3. The van der Waals surface area contributed by atoms with Gasteiger partial charge in [0.25, 0.3) is 11.8 Å². The Kier molecular flexibility index (Phi) is 9.37. The van der Waals surface area contributed by atoms with E-state index in [2.05, 4.69) is 22.8 Å². The van der Waals surface area contributed by atoms with Gasteiger partial charge in [0, 0.05) is 15.5 Å². The van der Waals surface area contributed by atoms with Crippen LogP contribution in [0.15, 0.2) is 53.6 Å². The lowest BCUT2D eigenvalue weighted by Crippen LogP contribution is -2.33. The molecule has 0 saturated carbocycles. The number of halogens is 1. The molecule has 0 unspecified atom stereocenters. The number of nitrogens with zero attached hydrogens (tertiary/aromatic N) is 1. The van der Waals surface area contributed by atoms with Gasteiger partial charge in [-0.3, -0.25) is 9.59 Å². The molecule has 39 heavy (non-hydrogen) atoms. The standard InChI is InChI=1S/C29H30ClN3O5S/c1-4-37-29(36)25-23-13-8-17(2)14-24(23)39-28(25)32-27(35)20-9-11-22(12-10-20)38-18(3)26(34)33-31-16-19-6-5-7-21(30)15-19/h5-7,9-12,15-18H,4,8,13-14H2,1-3H3,(H,32,35)(H,33,34)/b31-16-/t17-,18+/m0/s1. The molecule has 1 heterocycles. The van der Waals surface area contributed by atoms with Crippen molar-refractivity contribution >= 4 is 51.9 Å². The number of hydrogen-bond acceptors (Lipinski definition) is 7. The van der Waals surface area contributed by atoms with Crippen LogP contribution in [-0.4, -0.2) is 36.7 Å². The summed E-state index contributed by atoms with van der Waals surface area (Å²) >= 11 is 7.39. The molecule has 8 nitrogen and oxygen atoms in total. The highest BCUT2D eigenvalue weighted by Crippen LogP contribution is 2.40. The van der Waals surface area contributed by atoms with Crippen LogP contribution < -0.4 is 15.5 Å². The van der Waals surface area contributed by atoms with Crippen molar-refractivity contribution in [3.05, 3.63) is 80.7 Å². The lowest BCUT2D eigenvalue weighted by atomic mass is 9.88. The second-order valence-electron chi connectivity index (χ2n) is 9.30. The van der Waals surface area contributed by atoms with Crippen LogP contribution in [0, 0.1) is 5.92 Å². The smallest absolute Gasteiger partial charge is 0.341 e. The van der Waals surface area contributed by atoms with Gasteiger partial charge in [-0.25, -0.2) is 10.2 Å². The molecule has 2 amide bonds. The topological polar surface area (TPSA) is 106 Å². The third-order valence-corrected chi connectivity index (χ3v) is 7.66. The van der Waals surface area contributed by atoms with E-state index in [4.69, 9.17) is 21.1 Å². The van der Waals surface area contributed by atoms with E-state index >= 15 is 0 Å². The predicted octanol–water partition coefficient (Wildman–Crippen LogP) is 5.87. The Hall–Kier alpha value is -3.69. The van der Waals surface area contributed by atoms with Gasteiger partial charge in [0.2, 0.25) is 0 Å². The van der Waals surface area contributed by atoms with Gasteiger partial charge in [-0.15, -0.1) is 11.3 Å². The number of nitrogens with one attached hydrogen (secondary N) is 2.